The van der Waals surface area contributed by atoms with Gasteiger partial charge >= 0.3 is 0 Å². The van der Waals surface area contributed by atoms with Crippen LogP contribution in [0.4, 0.5) is 0 Å². The molecule has 1 unspecified atom stereocenters. The lowest BCUT2D eigenvalue weighted by Crippen LogP contribution is -2.20. The monoisotopic (exact) mass is 259 g/mol. The average Bonchev–Trinajstić information content (AvgIpc) is 2.42. The van der Waals surface area contributed by atoms with Crippen molar-refractivity contribution in [2.45, 2.75) is 25.8 Å². The summed E-state index contributed by atoms with van der Waals surface area (Å²) < 4.78 is 5.68. The largest absolute Gasteiger partial charge is 0.492 e. The van der Waals surface area contributed by atoms with Gasteiger partial charge in [0.05, 0.1) is 11.6 Å². The maximum Gasteiger partial charge on any atom is 0.142 e. The van der Waals surface area contributed by atoms with Crippen LogP contribution in [0.25, 0.3) is 0 Å². The number of hydrogen-bond donors (Lipinski definition) is 1. The fourth-order valence-electron chi connectivity index (χ4n) is 2.07. The van der Waals surface area contributed by atoms with Gasteiger partial charge in [-0.05, 0) is 31.5 Å². The molecule has 1 aromatic rings. The molecule has 1 aliphatic heterocycles. The highest BCUT2D eigenvalue weighted by Gasteiger charge is 2.21. The molecule has 0 saturated carbocycles. The van der Waals surface area contributed by atoms with Crippen molar-refractivity contribution in [2.75, 3.05) is 13.2 Å². The molecule has 0 bridgehead atoms. The molecule has 0 amide bonds. The minimum Gasteiger partial charge on any atom is -0.492 e. The maximum absolute atomic E-state index is 6.15. The predicted octanol–water partition coefficient (Wildman–Crippen LogP) is 3.82. The zero-order valence-corrected chi connectivity index (χ0v) is 10.7. The third-order valence-electron chi connectivity index (χ3n) is 2.75. The second-order valence-corrected chi connectivity index (χ2v) is 4.75. The Kier molecular flexibility index (Phi) is 3.95. The second kappa shape index (κ2) is 5.26. The van der Waals surface area contributed by atoms with Crippen molar-refractivity contribution in [2.24, 2.45) is 0 Å². The first-order valence-corrected chi connectivity index (χ1v) is 6.33. The summed E-state index contributed by atoms with van der Waals surface area (Å²) in [6, 6.07) is 3.97. The van der Waals surface area contributed by atoms with E-state index in [1.165, 1.54) is 0 Å². The molecule has 2 nitrogen and oxygen atoms in total. The lowest BCUT2D eigenvalue weighted by Gasteiger charge is -2.18. The van der Waals surface area contributed by atoms with E-state index in [9.17, 15) is 0 Å². The van der Waals surface area contributed by atoms with Crippen molar-refractivity contribution in [1.29, 1.82) is 0 Å². The van der Waals surface area contributed by atoms with Crippen LogP contribution in [0, 0.1) is 0 Å². The molecule has 0 aliphatic carbocycles. The van der Waals surface area contributed by atoms with Gasteiger partial charge in [0.25, 0.3) is 0 Å². The van der Waals surface area contributed by atoms with E-state index in [4.69, 9.17) is 27.9 Å². The highest BCUT2D eigenvalue weighted by molar-refractivity contribution is 6.35. The Morgan fingerprint density at radius 1 is 1.44 bits per heavy atom. The lowest BCUT2D eigenvalue weighted by molar-refractivity contribution is 0.315. The predicted molar refractivity (Wildman–Crippen MR) is 67.6 cm³/mol. The molecule has 0 fully saturated rings. The van der Waals surface area contributed by atoms with Gasteiger partial charge in [-0.15, -0.1) is 0 Å². The van der Waals surface area contributed by atoms with Crippen LogP contribution in [-0.4, -0.2) is 13.2 Å². The number of hydrogen-bond acceptors (Lipinski definition) is 2. The van der Waals surface area contributed by atoms with E-state index < -0.39 is 0 Å². The smallest absolute Gasteiger partial charge is 0.142 e. The number of nitrogens with one attached hydrogen (secondary N) is 1. The Bertz CT molecular complexity index is 382. The van der Waals surface area contributed by atoms with Crippen molar-refractivity contribution in [3.63, 3.8) is 0 Å². The van der Waals surface area contributed by atoms with Gasteiger partial charge in [0, 0.05) is 16.6 Å². The minimum atomic E-state index is 0.290. The molecule has 16 heavy (non-hydrogen) atoms. The van der Waals surface area contributed by atoms with E-state index in [2.05, 4.69) is 12.2 Å². The SMILES string of the molecule is CCNC1CCCOc2c(Cl)cc(Cl)cc21. The number of ether oxygens (including phenoxy) is 1. The Balaban J connectivity index is 2.43. The minimum absolute atomic E-state index is 0.290. The first kappa shape index (κ1) is 12.0. The Labute approximate surface area is 106 Å². The normalized spacial score (nSPS) is 19.8. The number of rotatable bonds is 2. The van der Waals surface area contributed by atoms with Gasteiger partial charge in [-0.3, -0.25) is 0 Å². The lowest BCUT2D eigenvalue weighted by atomic mass is 10.0. The van der Waals surface area contributed by atoms with E-state index in [1.54, 1.807) is 6.07 Å². The summed E-state index contributed by atoms with van der Waals surface area (Å²) in [7, 11) is 0. The first-order valence-electron chi connectivity index (χ1n) is 5.57. The van der Waals surface area contributed by atoms with Crippen LogP contribution in [0.5, 0.6) is 5.75 Å². The molecule has 1 aromatic carbocycles. The number of benzene rings is 1. The molecule has 1 N–H and O–H groups in total. The van der Waals surface area contributed by atoms with E-state index in [-0.39, 0.29) is 0 Å². The number of halogens is 2. The fourth-order valence-corrected chi connectivity index (χ4v) is 2.63. The summed E-state index contributed by atoms with van der Waals surface area (Å²) in [4.78, 5) is 0. The summed E-state index contributed by atoms with van der Waals surface area (Å²) in [5.41, 5.74) is 1.08. The van der Waals surface area contributed by atoms with E-state index in [0.717, 1.165) is 37.3 Å². The Morgan fingerprint density at radius 2 is 2.25 bits per heavy atom. The van der Waals surface area contributed by atoms with Crippen LogP contribution in [0.3, 0.4) is 0 Å². The average molecular weight is 260 g/mol. The Morgan fingerprint density at radius 3 is 3.00 bits per heavy atom. The molecule has 0 radical (unpaired) electrons. The van der Waals surface area contributed by atoms with E-state index in [1.807, 2.05) is 6.07 Å². The molecule has 4 heteroatoms. The summed E-state index contributed by atoms with van der Waals surface area (Å²) in [5.74, 6) is 0.787. The quantitative estimate of drug-likeness (QED) is 0.872. The Hall–Kier alpha value is -0.440. The van der Waals surface area contributed by atoms with Gasteiger partial charge in [0.15, 0.2) is 0 Å². The summed E-state index contributed by atoms with van der Waals surface area (Å²) in [6.45, 7) is 3.74. The second-order valence-electron chi connectivity index (χ2n) is 3.91. The van der Waals surface area contributed by atoms with Crippen molar-refractivity contribution < 1.29 is 4.74 Å². The third-order valence-corrected chi connectivity index (χ3v) is 3.25. The molecule has 2 rings (SSSR count). The van der Waals surface area contributed by atoms with E-state index >= 15 is 0 Å². The van der Waals surface area contributed by atoms with Crippen molar-refractivity contribution >= 4 is 23.2 Å². The van der Waals surface area contributed by atoms with Crippen LogP contribution in [0.15, 0.2) is 12.1 Å². The zero-order valence-electron chi connectivity index (χ0n) is 9.22. The van der Waals surface area contributed by atoms with Crippen LogP contribution in [-0.2, 0) is 0 Å². The summed E-state index contributed by atoms with van der Waals surface area (Å²) in [6.07, 6.45) is 2.08. The van der Waals surface area contributed by atoms with Crippen LogP contribution < -0.4 is 10.1 Å². The van der Waals surface area contributed by atoms with Crippen molar-refractivity contribution in [3.8, 4) is 5.75 Å². The zero-order chi connectivity index (χ0) is 11.5. The van der Waals surface area contributed by atoms with Gasteiger partial charge in [-0.2, -0.15) is 0 Å². The molecule has 1 heterocycles. The van der Waals surface area contributed by atoms with Crippen LogP contribution in [0.1, 0.15) is 31.4 Å². The third kappa shape index (κ3) is 2.45. The fraction of sp³-hybridized carbons (Fsp3) is 0.500. The topological polar surface area (TPSA) is 21.3 Å². The molecule has 1 aliphatic rings. The standard InChI is InChI=1S/C12H15Cl2NO/c1-2-15-11-4-3-5-16-12-9(11)6-8(13)7-10(12)14/h6-7,11,15H,2-5H2,1H3. The van der Waals surface area contributed by atoms with Crippen molar-refractivity contribution in [1.82, 2.24) is 5.32 Å². The summed E-state index contributed by atoms with van der Waals surface area (Å²) >= 11 is 12.2. The number of fused-ring (bicyclic) bond motifs is 1. The van der Waals surface area contributed by atoms with Crippen molar-refractivity contribution in [3.05, 3.63) is 27.7 Å². The van der Waals surface area contributed by atoms with Crippen LogP contribution in [0.2, 0.25) is 10.0 Å². The van der Waals surface area contributed by atoms with Gasteiger partial charge in [-0.1, -0.05) is 30.1 Å². The van der Waals surface area contributed by atoms with Gasteiger partial charge in [-0.25, -0.2) is 0 Å². The molecule has 0 spiro atoms. The highest BCUT2D eigenvalue weighted by atomic mass is 35.5. The molecular formula is C12H15Cl2NO. The van der Waals surface area contributed by atoms with Crippen LogP contribution >= 0.6 is 23.2 Å². The molecule has 0 saturated heterocycles. The molecule has 0 aromatic heterocycles. The first-order chi connectivity index (χ1) is 7.72. The van der Waals surface area contributed by atoms with E-state index in [0.29, 0.717) is 16.1 Å². The maximum atomic E-state index is 6.15. The molecule has 1 atom stereocenters. The summed E-state index contributed by atoms with van der Waals surface area (Å²) in [5, 5.41) is 4.71. The highest BCUT2D eigenvalue weighted by Crippen LogP contribution is 2.39. The molecule has 88 valence electrons. The molecular weight excluding hydrogens is 245 g/mol. The van der Waals surface area contributed by atoms with Gasteiger partial charge < -0.3 is 10.1 Å². The van der Waals surface area contributed by atoms with Gasteiger partial charge in [0.1, 0.15) is 5.75 Å². The van der Waals surface area contributed by atoms with Gasteiger partial charge in [0.2, 0.25) is 0 Å².